The van der Waals surface area contributed by atoms with E-state index in [0.717, 1.165) is 9.13 Å². The van der Waals surface area contributed by atoms with Gasteiger partial charge in [-0.1, -0.05) is 12.1 Å². The number of halogens is 1. The Morgan fingerprint density at radius 2 is 2.33 bits per heavy atom. The summed E-state index contributed by atoms with van der Waals surface area (Å²) in [6.45, 7) is 0.367. The molecule has 4 heteroatoms. The molecule has 0 saturated heterocycles. The van der Waals surface area contributed by atoms with Crippen molar-refractivity contribution in [2.45, 2.75) is 6.54 Å². The molecule has 1 aromatic rings. The normalized spacial score (nSPS) is 9.42. The third kappa shape index (κ3) is 3.08. The monoisotopic (exact) mass is 277 g/mol. The number of hydrogen-bond acceptors (Lipinski definition) is 1. The van der Waals surface area contributed by atoms with Gasteiger partial charge < -0.3 is 10.4 Å². The van der Waals surface area contributed by atoms with Gasteiger partial charge in [0.05, 0.1) is 0 Å². The van der Waals surface area contributed by atoms with Gasteiger partial charge in [-0.3, -0.25) is 0 Å². The summed E-state index contributed by atoms with van der Waals surface area (Å²) in [6.07, 6.45) is -0.992. The molecule has 0 saturated carbocycles. The van der Waals surface area contributed by atoms with Gasteiger partial charge in [-0.2, -0.15) is 0 Å². The van der Waals surface area contributed by atoms with Crippen LogP contribution in [0.5, 0.6) is 0 Å². The number of carboxylic acid groups (broad SMARTS) is 1. The molecule has 0 radical (unpaired) electrons. The van der Waals surface area contributed by atoms with Crippen LogP contribution in [-0.4, -0.2) is 11.2 Å². The summed E-state index contributed by atoms with van der Waals surface area (Å²) >= 11 is 2.19. The van der Waals surface area contributed by atoms with Gasteiger partial charge in [-0.05, 0) is 40.3 Å². The molecule has 0 spiro atoms. The highest BCUT2D eigenvalue weighted by atomic mass is 127. The molecular formula is C8H8INO2. The summed E-state index contributed by atoms with van der Waals surface area (Å²) in [4.78, 5) is 10.1. The molecule has 0 aromatic heterocycles. The van der Waals surface area contributed by atoms with Crippen molar-refractivity contribution in [3.8, 4) is 0 Å². The van der Waals surface area contributed by atoms with E-state index in [1.165, 1.54) is 0 Å². The smallest absolute Gasteiger partial charge is 0.404 e. The van der Waals surface area contributed by atoms with Crippen molar-refractivity contribution in [1.82, 2.24) is 5.32 Å². The van der Waals surface area contributed by atoms with E-state index in [2.05, 4.69) is 27.9 Å². The Morgan fingerprint density at radius 1 is 1.58 bits per heavy atom. The predicted octanol–water partition coefficient (Wildman–Crippen LogP) is 2.06. The number of amides is 1. The van der Waals surface area contributed by atoms with E-state index in [4.69, 9.17) is 5.11 Å². The molecule has 64 valence electrons. The van der Waals surface area contributed by atoms with Gasteiger partial charge in [0, 0.05) is 10.1 Å². The van der Waals surface area contributed by atoms with E-state index in [0.29, 0.717) is 6.54 Å². The zero-order chi connectivity index (χ0) is 8.97. The minimum absolute atomic E-state index is 0.367. The van der Waals surface area contributed by atoms with Gasteiger partial charge in [-0.25, -0.2) is 4.79 Å². The molecule has 0 aliphatic carbocycles. The topological polar surface area (TPSA) is 49.3 Å². The van der Waals surface area contributed by atoms with Crippen LogP contribution in [0.25, 0.3) is 0 Å². The molecule has 0 bridgehead atoms. The van der Waals surface area contributed by atoms with Crippen LogP contribution in [0.3, 0.4) is 0 Å². The molecule has 0 fully saturated rings. The fourth-order valence-corrected chi connectivity index (χ4v) is 1.43. The minimum Gasteiger partial charge on any atom is -0.465 e. The molecule has 0 aliphatic rings. The van der Waals surface area contributed by atoms with Crippen LogP contribution in [0.2, 0.25) is 0 Å². The third-order valence-corrected chi connectivity index (χ3v) is 2.00. The van der Waals surface area contributed by atoms with Crippen molar-refractivity contribution in [3.63, 3.8) is 0 Å². The van der Waals surface area contributed by atoms with Crippen molar-refractivity contribution >= 4 is 28.7 Å². The zero-order valence-electron chi connectivity index (χ0n) is 6.25. The Labute approximate surface area is 83.9 Å². The van der Waals surface area contributed by atoms with Crippen LogP contribution in [0.1, 0.15) is 5.56 Å². The first-order valence-corrected chi connectivity index (χ1v) is 4.47. The summed E-state index contributed by atoms with van der Waals surface area (Å²) in [5.74, 6) is 0. The molecule has 0 heterocycles. The Kier molecular flexibility index (Phi) is 3.33. The van der Waals surface area contributed by atoms with E-state index < -0.39 is 6.09 Å². The van der Waals surface area contributed by atoms with Crippen LogP contribution in [0.4, 0.5) is 4.79 Å². The highest BCUT2D eigenvalue weighted by Gasteiger charge is 1.95. The molecule has 3 nitrogen and oxygen atoms in total. The van der Waals surface area contributed by atoms with Crippen LogP contribution < -0.4 is 5.32 Å². The van der Waals surface area contributed by atoms with Crippen molar-refractivity contribution in [3.05, 3.63) is 33.4 Å². The van der Waals surface area contributed by atoms with Gasteiger partial charge in [-0.15, -0.1) is 0 Å². The number of hydrogen-bond donors (Lipinski definition) is 2. The largest absolute Gasteiger partial charge is 0.465 e. The lowest BCUT2D eigenvalue weighted by Crippen LogP contribution is -2.19. The Hall–Kier alpha value is -0.780. The number of carbonyl (C=O) groups is 1. The van der Waals surface area contributed by atoms with E-state index in [1.807, 2.05) is 24.3 Å². The van der Waals surface area contributed by atoms with Gasteiger partial charge in [0.2, 0.25) is 0 Å². The lowest BCUT2D eigenvalue weighted by Gasteiger charge is -2.00. The van der Waals surface area contributed by atoms with Gasteiger partial charge in [0.1, 0.15) is 0 Å². The third-order valence-electron chi connectivity index (χ3n) is 1.33. The Morgan fingerprint density at radius 3 is 2.92 bits per heavy atom. The molecule has 0 unspecified atom stereocenters. The minimum atomic E-state index is -0.992. The average Bonchev–Trinajstić information content (AvgIpc) is 2.01. The first-order chi connectivity index (χ1) is 5.68. The molecule has 1 aromatic carbocycles. The highest BCUT2D eigenvalue weighted by molar-refractivity contribution is 14.1. The Balaban J connectivity index is 2.57. The molecule has 1 amide bonds. The van der Waals surface area contributed by atoms with Gasteiger partial charge in [0.15, 0.2) is 0 Å². The standard InChI is InChI=1S/C8H8INO2/c9-7-3-1-2-6(4-7)5-10-8(11)12/h1-4,10H,5H2,(H,11,12). The molecular weight excluding hydrogens is 269 g/mol. The second kappa shape index (κ2) is 4.30. The molecule has 0 aliphatic heterocycles. The molecule has 0 atom stereocenters. The van der Waals surface area contributed by atoms with E-state index in [-0.39, 0.29) is 0 Å². The summed E-state index contributed by atoms with van der Waals surface area (Å²) in [5.41, 5.74) is 0.976. The quantitative estimate of drug-likeness (QED) is 0.813. The second-order valence-electron chi connectivity index (χ2n) is 2.29. The van der Waals surface area contributed by atoms with Crippen molar-refractivity contribution in [1.29, 1.82) is 0 Å². The average molecular weight is 277 g/mol. The fourth-order valence-electron chi connectivity index (χ4n) is 0.825. The maximum Gasteiger partial charge on any atom is 0.404 e. The first-order valence-electron chi connectivity index (χ1n) is 3.40. The Bertz CT molecular complexity index is 288. The van der Waals surface area contributed by atoms with Crippen LogP contribution in [0.15, 0.2) is 24.3 Å². The van der Waals surface area contributed by atoms with Crippen LogP contribution >= 0.6 is 22.6 Å². The summed E-state index contributed by atoms with van der Waals surface area (Å²) in [5, 5.41) is 10.6. The fraction of sp³-hybridized carbons (Fsp3) is 0.125. The number of nitrogens with one attached hydrogen (secondary N) is 1. The lowest BCUT2D eigenvalue weighted by molar-refractivity contribution is 0.194. The maximum absolute atomic E-state index is 10.1. The van der Waals surface area contributed by atoms with Gasteiger partial charge >= 0.3 is 6.09 Å². The van der Waals surface area contributed by atoms with Gasteiger partial charge in [0.25, 0.3) is 0 Å². The summed E-state index contributed by atoms with van der Waals surface area (Å²) in [7, 11) is 0. The van der Waals surface area contributed by atoms with E-state index in [1.54, 1.807) is 0 Å². The molecule has 2 N–H and O–H groups in total. The van der Waals surface area contributed by atoms with Crippen molar-refractivity contribution < 1.29 is 9.90 Å². The SMILES string of the molecule is O=C(O)NCc1cccc(I)c1. The molecule has 12 heavy (non-hydrogen) atoms. The van der Waals surface area contributed by atoms with E-state index >= 15 is 0 Å². The van der Waals surface area contributed by atoms with Crippen LogP contribution in [-0.2, 0) is 6.54 Å². The molecule has 1 rings (SSSR count). The van der Waals surface area contributed by atoms with Crippen molar-refractivity contribution in [2.24, 2.45) is 0 Å². The predicted molar refractivity (Wildman–Crippen MR) is 54.0 cm³/mol. The maximum atomic E-state index is 10.1. The summed E-state index contributed by atoms with van der Waals surface area (Å²) < 4.78 is 1.11. The second-order valence-corrected chi connectivity index (χ2v) is 3.53. The van der Waals surface area contributed by atoms with E-state index in [9.17, 15) is 4.79 Å². The highest BCUT2D eigenvalue weighted by Crippen LogP contribution is 2.06. The van der Waals surface area contributed by atoms with Crippen molar-refractivity contribution in [2.75, 3.05) is 0 Å². The van der Waals surface area contributed by atoms with Crippen LogP contribution in [0, 0.1) is 3.57 Å². The lowest BCUT2D eigenvalue weighted by atomic mass is 10.2. The number of benzene rings is 1. The first kappa shape index (κ1) is 9.31. The summed E-state index contributed by atoms with van der Waals surface area (Å²) in [6, 6.07) is 7.69. The number of rotatable bonds is 2. The zero-order valence-corrected chi connectivity index (χ0v) is 8.41.